The summed E-state index contributed by atoms with van der Waals surface area (Å²) in [6.45, 7) is 6.14. The average Bonchev–Trinajstić information content (AvgIpc) is 2.82. The molecule has 0 radical (unpaired) electrons. The third kappa shape index (κ3) is 6.26. The summed E-state index contributed by atoms with van der Waals surface area (Å²) in [5, 5.41) is 0. The summed E-state index contributed by atoms with van der Waals surface area (Å²) in [5.41, 5.74) is 15.5. The first kappa shape index (κ1) is 23.7. The van der Waals surface area contributed by atoms with Gasteiger partial charge in [-0.1, -0.05) is 6.07 Å². The predicted molar refractivity (Wildman–Crippen MR) is 131 cm³/mol. The molecule has 0 spiro atoms. The van der Waals surface area contributed by atoms with Crippen molar-refractivity contribution in [2.75, 3.05) is 36.1 Å². The molecule has 3 aromatic carbocycles. The van der Waals surface area contributed by atoms with E-state index < -0.39 is 11.9 Å². The Hall–Kier alpha value is -4.00. The second-order valence-corrected chi connectivity index (χ2v) is 7.48. The Morgan fingerprint density at radius 2 is 1.42 bits per heavy atom. The zero-order valence-corrected chi connectivity index (χ0v) is 18.9. The highest BCUT2D eigenvalue weighted by Gasteiger charge is 2.12. The number of ether oxygens (including phenoxy) is 2. The van der Waals surface area contributed by atoms with Crippen LogP contribution in [0.25, 0.3) is 0 Å². The first-order valence-electron chi connectivity index (χ1n) is 10.9. The van der Waals surface area contributed by atoms with Crippen molar-refractivity contribution in [1.82, 2.24) is 0 Å². The molecular weight excluding hydrogens is 418 g/mol. The maximum absolute atomic E-state index is 12.4. The van der Waals surface area contributed by atoms with Crippen molar-refractivity contribution in [2.24, 2.45) is 0 Å². The summed E-state index contributed by atoms with van der Waals surface area (Å²) in [4.78, 5) is 26.9. The molecule has 0 heterocycles. The highest BCUT2D eigenvalue weighted by molar-refractivity contribution is 5.92. The molecule has 0 bridgehead atoms. The molecule has 0 saturated heterocycles. The fourth-order valence-corrected chi connectivity index (χ4v) is 3.40. The third-order valence-corrected chi connectivity index (χ3v) is 5.31. The van der Waals surface area contributed by atoms with E-state index in [-0.39, 0.29) is 6.61 Å². The van der Waals surface area contributed by atoms with Gasteiger partial charge in [0.25, 0.3) is 0 Å². The van der Waals surface area contributed by atoms with Crippen molar-refractivity contribution >= 4 is 29.0 Å². The van der Waals surface area contributed by atoms with Crippen molar-refractivity contribution < 1.29 is 19.1 Å². The summed E-state index contributed by atoms with van der Waals surface area (Å²) in [6, 6.07) is 18.8. The maximum Gasteiger partial charge on any atom is 0.343 e. The highest BCUT2D eigenvalue weighted by Crippen LogP contribution is 2.19. The molecule has 0 fully saturated rings. The largest absolute Gasteiger partial charge is 0.462 e. The number of rotatable bonds is 9. The zero-order valence-electron chi connectivity index (χ0n) is 18.9. The lowest BCUT2D eigenvalue weighted by molar-refractivity contribution is 0.0509. The van der Waals surface area contributed by atoms with Crippen LogP contribution in [0.5, 0.6) is 5.75 Å². The molecule has 3 rings (SSSR count). The van der Waals surface area contributed by atoms with Crippen LogP contribution in [0, 0.1) is 0 Å². The number of hydrogen-bond acceptors (Lipinski definition) is 7. The molecular formula is C26H29N3O4. The number of carbonyl (C=O) groups excluding carboxylic acids is 2. The number of hydrogen-bond donors (Lipinski definition) is 2. The molecule has 0 aliphatic rings. The molecule has 0 aliphatic heterocycles. The summed E-state index contributed by atoms with van der Waals surface area (Å²) < 4.78 is 10.7. The van der Waals surface area contributed by atoms with E-state index in [0.717, 1.165) is 24.3 Å². The molecule has 3 aromatic rings. The van der Waals surface area contributed by atoms with E-state index in [4.69, 9.17) is 20.9 Å². The van der Waals surface area contributed by atoms with Crippen molar-refractivity contribution in [1.29, 1.82) is 0 Å². The summed E-state index contributed by atoms with van der Waals surface area (Å²) >= 11 is 0. The normalized spacial score (nSPS) is 10.5. The van der Waals surface area contributed by atoms with E-state index in [1.54, 1.807) is 48.5 Å². The minimum Gasteiger partial charge on any atom is -0.462 e. The molecule has 0 amide bonds. The maximum atomic E-state index is 12.4. The van der Waals surface area contributed by atoms with Crippen LogP contribution in [-0.2, 0) is 11.2 Å². The van der Waals surface area contributed by atoms with E-state index in [0.29, 0.717) is 34.7 Å². The van der Waals surface area contributed by atoms with Crippen LogP contribution < -0.4 is 21.1 Å². The molecule has 0 aliphatic carbocycles. The van der Waals surface area contributed by atoms with Gasteiger partial charge in [0.1, 0.15) is 5.75 Å². The lowest BCUT2D eigenvalue weighted by Crippen LogP contribution is -2.21. The number of nitrogen functional groups attached to an aromatic ring is 2. The monoisotopic (exact) mass is 447 g/mol. The first-order chi connectivity index (χ1) is 15.9. The van der Waals surface area contributed by atoms with Crippen LogP contribution in [0.2, 0.25) is 0 Å². The van der Waals surface area contributed by atoms with Gasteiger partial charge in [0.05, 0.1) is 17.7 Å². The van der Waals surface area contributed by atoms with Crippen LogP contribution in [-0.4, -0.2) is 31.6 Å². The number of nitrogens with zero attached hydrogens (tertiary/aromatic N) is 1. The molecule has 33 heavy (non-hydrogen) atoms. The number of esters is 2. The van der Waals surface area contributed by atoms with Crippen LogP contribution in [0.3, 0.4) is 0 Å². The van der Waals surface area contributed by atoms with E-state index >= 15 is 0 Å². The number of carbonyl (C=O) groups is 2. The Morgan fingerprint density at radius 3 is 2.03 bits per heavy atom. The molecule has 7 heteroatoms. The van der Waals surface area contributed by atoms with Gasteiger partial charge in [0, 0.05) is 36.6 Å². The summed E-state index contributed by atoms with van der Waals surface area (Å²) in [6.07, 6.45) is 0.487. The van der Waals surface area contributed by atoms with Crippen molar-refractivity contribution in [2.45, 2.75) is 20.3 Å². The van der Waals surface area contributed by atoms with Crippen molar-refractivity contribution in [3.8, 4) is 5.75 Å². The topological polar surface area (TPSA) is 108 Å². The average molecular weight is 448 g/mol. The van der Waals surface area contributed by atoms with E-state index in [1.165, 1.54) is 0 Å². The van der Waals surface area contributed by atoms with Gasteiger partial charge in [-0.2, -0.15) is 0 Å². The standard InChI is InChI=1S/C26H29N3O4/c1-3-29(4-2)22-11-6-20(7-12-22)26(31)33-23-13-8-19(9-14-23)25(30)32-16-15-18-5-10-21(27)17-24(18)28/h5-14,17H,3-4,15-16,27-28H2,1-2H3. The molecule has 0 unspecified atom stereocenters. The summed E-state index contributed by atoms with van der Waals surface area (Å²) in [5.74, 6) is -0.578. The number of anilines is 3. The van der Waals surface area contributed by atoms with E-state index in [1.807, 2.05) is 18.2 Å². The lowest BCUT2D eigenvalue weighted by atomic mass is 10.1. The third-order valence-electron chi connectivity index (χ3n) is 5.31. The SMILES string of the molecule is CCN(CC)c1ccc(C(=O)Oc2ccc(C(=O)OCCc3ccc(N)cc3N)cc2)cc1. The second-order valence-electron chi connectivity index (χ2n) is 7.48. The number of nitrogens with two attached hydrogens (primary N) is 2. The van der Waals surface area contributed by atoms with E-state index in [9.17, 15) is 9.59 Å². The minimum absolute atomic E-state index is 0.188. The van der Waals surface area contributed by atoms with Gasteiger partial charge in [-0.15, -0.1) is 0 Å². The Balaban J connectivity index is 1.52. The molecule has 0 aromatic heterocycles. The summed E-state index contributed by atoms with van der Waals surface area (Å²) in [7, 11) is 0. The zero-order chi connectivity index (χ0) is 23.8. The van der Waals surface area contributed by atoms with Gasteiger partial charge >= 0.3 is 11.9 Å². The Labute approximate surface area is 193 Å². The van der Waals surface area contributed by atoms with Gasteiger partial charge in [0.15, 0.2) is 0 Å². The van der Waals surface area contributed by atoms with Crippen LogP contribution in [0.15, 0.2) is 66.7 Å². The predicted octanol–water partition coefficient (Wildman–Crippen LogP) is 4.32. The molecule has 7 nitrogen and oxygen atoms in total. The first-order valence-corrected chi connectivity index (χ1v) is 10.9. The number of benzene rings is 3. The van der Waals surface area contributed by atoms with Gasteiger partial charge in [-0.25, -0.2) is 9.59 Å². The van der Waals surface area contributed by atoms with Gasteiger partial charge in [0.2, 0.25) is 0 Å². The Morgan fingerprint density at radius 1 is 0.818 bits per heavy atom. The van der Waals surface area contributed by atoms with Crippen LogP contribution in [0.4, 0.5) is 17.1 Å². The van der Waals surface area contributed by atoms with E-state index in [2.05, 4.69) is 18.7 Å². The molecule has 0 saturated carbocycles. The smallest absolute Gasteiger partial charge is 0.343 e. The Bertz CT molecular complexity index is 1090. The fraction of sp³-hybridized carbons (Fsp3) is 0.231. The van der Waals surface area contributed by atoms with Gasteiger partial charge in [-0.3, -0.25) is 0 Å². The van der Waals surface area contributed by atoms with Gasteiger partial charge in [-0.05, 0) is 80.1 Å². The van der Waals surface area contributed by atoms with Crippen LogP contribution >= 0.6 is 0 Å². The molecule has 0 atom stereocenters. The van der Waals surface area contributed by atoms with Crippen molar-refractivity contribution in [3.63, 3.8) is 0 Å². The minimum atomic E-state index is -0.464. The van der Waals surface area contributed by atoms with Gasteiger partial charge < -0.3 is 25.8 Å². The second kappa shape index (κ2) is 11.0. The highest BCUT2D eigenvalue weighted by atomic mass is 16.5. The fourth-order valence-electron chi connectivity index (χ4n) is 3.40. The quantitative estimate of drug-likeness (QED) is 0.286. The Kier molecular flexibility index (Phi) is 7.91. The molecule has 4 N–H and O–H groups in total. The lowest BCUT2D eigenvalue weighted by Gasteiger charge is -2.20. The molecule has 172 valence electrons. The van der Waals surface area contributed by atoms with Crippen LogP contribution in [0.1, 0.15) is 40.1 Å². The van der Waals surface area contributed by atoms with Crippen molar-refractivity contribution in [3.05, 3.63) is 83.4 Å².